The molecule has 0 atom stereocenters. The SMILES string of the molecule is CCn1nc(C)c(Br)c1CC1(CNC(C)(C)C)CCC1. The molecule has 0 aliphatic heterocycles. The van der Waals surface area contributed by atoms with Crippen LogP contribution in [0.5, 0.6) is 0 Å². The number of nitrogens with one attached hydrogen (secondary N) is 1. The quantitative estimate of drug-likeness (QED) is 0.874. The van der Waals surface area contributed by atoms with Crippen molar-refractivity contribution in [1.29, 1.82) is 0 Å². The molecule has 2 rings (SSSR count). The van der Waals surface area contributed by atoms with E-state index in [9.17, 15) is 0 Å². The Morgan fingerprint density at radius 3 is 2.45 bits per heavy atom. The second-order valence-electron chi connectivity index (χ2n) is 7.30. The summed E-state index contributed by atoms with van der Waals surface area (Å²) in [5.41, 5.74) is 3.11. The van der Waals surface area contributed by atoms with Crippen LogP contribution in [0, 0.1) is 12.3 Å². The second-order valence-corrected chi connectivity index (χ2v) is 8.09. The van der Waals surface area contributed by atoms with Crippen molar-refractivity contribution < 1.29 is 0 Å². The molecule has 1 aromatic heterocycles. The first-order valence-electron chi connectivity index (χ1n) is 7.73. The summed E-state index contributed by atoms with van der Waals surface area (Å²) in [6.45, 7) is 13.0. The molecule has 0 bridgehead atoms. The summed E-state index contributed by atoms with van der Waals surface area (Å²) in [6.07, 6.45) is 5.15. The van der Waals surface area contributed by atoms with Gasteiger partial charge in [-0.2, -0.15) is 5.10 Å². The minimum absolute atomic E-state index is 0.195. The number of aryl methyl sites for hydroxylation is 2. The fourth-order valence-electron chi connectivity index (χ4n) is 2.94. The number of aromatic nitrogens is 2. The molecule has 0 unspecified atom stereocenters. The zero-order chi connectivity index (χ0) is 15.0. The predicted octanol–water partition coefficient (Wildman–Crippen LogP) is 4.07. The van der Waals surface area contributed by atoms with Crippen LogP contribution in [0.2, 0.25) is 0 Å². The number of hydrogen-bond acceptors (Lipinski definition) is 2. The molecular formula is C16H28BrN3. The van der Waals surface area contributed by atoms with Crippen LogP contribution >= 0.6 is 15.9 Å². The molecule has 1 aromatic rings. The molecular weight excluding hydrogens is 314 g/mol. The second kappa shape index (κ2) is 5.80. The first kappa shape index (κ1) is 16.0. The Hall–Kier alpha value is -0.350. The van der Waals surface area contributed by atoms with E-state index in [1.54, 1.807) is 0 Å². The van der Waals surface area contributed by atoms with Gasteiger partial charge < -0.3 is 5.32 Å². The molecule has 1 N–H and O–H groups in total. The van der Waals surface area contributed by atoms with E-state index < -0.39 is 0 Å². The molecule has 4 heteroatoms. The molecule has 1 saturated carbocycles. The number of halogens is 1. The van der Waals surface area contributed by atoms with Crippen LogP contribution in [0.4, 0.5) is 0 Å². The lowest BCUT2D eigenvalue weighted by atomic mass is 9.65. The van der Waals surface area contributed by atoms with Gasteiger partial charge in [-0.05, 0) is 75.2 Å². The molecule has 1 heterocycles. The highest BCUT2D eigenvalue weighted by molar-refractivity contribution is 9.10. The fourth-order valence-corrected chi connectivity index (χ4v) is 3.36. The van der Waals surface area contributed by atoms with E-state index in [1.165, 1.54) is 29.4 Å². The standard InChI is InChI=1S/C16H28BrN3/c1-6-20-13(14(17)12(2)19-20)10-16(8-7-9-16)11-18-15(3,4)5/h18H,6-11H2,1-5H3. The summed E-state index contributed by atoms with van der Waals surface area (Å²) in [5.74, 6) is 0. The third-order valence-corrected chi connectivity index (χ3v) is 5.43. The van der Waals surface area contributed by atoms with Gasteiger partial charge in [0.15, 0.2) is 0 Å². The molecule has 114 valence electrons. The summed E-state index contributed by atoms with van der Waals surface area (Å²) >= 11 is 3.73. The van der Waals surface area contributed by atoms with Crippen LogP contribution in [-0.2, 0) is 13.0 Å². The van der Waals surface area contributed by atoms with Crippen LogP contribution in [0.3, 0.4) is 0 Å². The lowest BCUT2D eigenvalue weighted by Gasteiger charge is -2.44. The molecule has 20 heavy (non-hydrogen) atoms. The van der Waals surface area contributed by atoms with E-state index in [-0.39, 0.29) is 5.54 Å². The van der Waals surface area contributed by atoms with E-state index in [4.69, 9.17) is 0 Å². The molecule has 0 spiro atoms. The maximum Gasteiger partial charge on any atom is 0.0738 e. The molecule has 1 aliphatic rings. The first-order valence-corrected chi connectivity index (χ1v) is 8.52. The fraction of sp³-hybridized carbons (Fsp3) is 0.812. The Kier molecular flexibility index (Phi) is 4.65. The van der Waals surface area contributed by atoms with Crippen LogP contribution in [0.25, 0.3) is 0 Å². The lowest BCUT2D eigenvalue weighted by molar-refractivity contribution is 0.115. The predicted molar refractivity (Wildman–Crippen MR) is 88.1 cm³/mol. The molecule has 3 nitrogen and oxygen atoms in total. The van der Waals surface area contributed by atoms with E-state index >= 15 is 0 Å². The Balaban J connectivity index is 2.14. The number of rotatable bonds is 5. The van der Waals surface area contributed by atoms with Gasteiger partial charge in [-0.25, -0.2) is 0 Å². The van der Waals surface area contributed by atoms with E-state index in [2.05, 4.69) is 65.6 Å². The average molecular weight is 342 g/mol. The molecule has 1 fully saturated rings. The maximum atomic E-state index is 4.63. The topological polar surface area (TPSA) is 29.9 Å². The smallest absolute Gasteiger partial charge is 0.0738 e. The van der Waals surface area contributed by atoms with Crippen molar-refractivity contribution in [3.05, 3.63) is 15.9 Å². The zero-order valence-corrected chi connectivity index (χ0v) is 15.1. The summed E-state index contributed by atoms with van der Waals surface area (Å²) in [6, 6.07) is 0. The zero-order valence-electron chi connectivity index (χ0n) is 13.5. The van der Waals surface area contributed by atoms with Gasteiger partial charge in [0.1, 0.15) is 0 Å². The monoisotopic (exact) mass is 341 g/mol. The number of hydrogen-bond donors (Lipinski definition) is 1. The van der Waals surface area contributed by atoms with Gasteiger partial charge in [0, 0.05) is 18.6 Å². The van der Waals surface area contributed by atoms with Crippen molar-refractivity contribution in [3.63, 3.8) is 0 Å². The summed E-state index contributed by atoms with van der Waals surface area (Å²) < 4.78 is 3.37. The summed E-state index contributed by atoms with van der Waals surface area (Å²) in [4.78, 5) is 0. The van der Waals surface area contributed by atoms with E-state index in [0.717, 1.165) is 25.2 Å². The van der Waals surface area contributed by atoms with Gasteiger partial charge in [0.05, 0.1) is 15.9 Å². The van der Waals surface area contributed by atoms with Gasteiger partial charge in [-0.15, -0.1) is 0 Å². The van der Waals surface area contributed by atoms with Gasteiger partial charge in [0.2, 0.25) is 0 Å². The Morgan fingerprint density at radius 1 is 1.35 bits per heavy atom. The van der Waals surface area contributed by atoms with Gasteiger partial charge in [-0.3, -0.25) is 4.68 Å². The maximum absolute atomic E-state index is 4.63. The molecule has 0 radical (unpaired) electrons. The van der Waals surface area contributed by atoms with Crippen molar-refractivity contribution in [2.45, 2.75) is 72.4 Å². The van der Waals surface area contributed by atoms with Gasteiger partial charge in [0.25, 0.3) is 0 Å². The van der Waals surface area contributed by atoms with Crippen LogP contribution in [0.1, 0.15) is 58.3 Å². The normalized spacial score (nSPS) is 18.1. The minimum Gasteiger partial charge on any atom is -0.312 e. The van der Waals surface area contributed by atoms with Gasteiger partial charge >= 0.3 is 0 Å². The third kappa shape index (κ3) is 3.45. The summed E-state index contributed by atoms with van der Waals surface area (Å²) in [7, 11) is 0. The average Bonchev–Trinajstić information content (AvgIpc) is 2.58. The third-order valence-electron chi connectivity index (χ3n) is 4.40. The van der Waals surface area contributed by atoms with Crippen molar-refractivity contribution in [2.75, 3.05) is 6.54 Å². The highest BCUT2D eigenvalue weighted by Gasteiger charge is 2.39. The highest BCUT2D eigenvalue weighted by atomic mass is 79.9. The molecule has 1 aliphatic carbocycles. The van der Waals surface area contributed by atoms with Crippen LogP contribution in [0.15, 0.2) is 4.47 Å². The van der Waals surface area contributed by atoms with Gasteiger partial charge in [-0.1, -0.05) is 6.42 Å². The minimum atomic E-state index is 0.195. The molecule has 0 saturated heterocycles. The molecule has 0 aromatic carbocycles. The largest absolute Gasteiger partial charge is 0.312 e. The number of nitrogens with zero attached hydrogens (tertiary/aromatic N) is 2. The first-order chi connectivity index (χ1) is 9.26. The van der Waals surface area contributed by atoms with Crippen LogP contribution < -0.4 is 5.32 Å². The lowest BCUT2D eigenvalue weighted by Crippen LogP contribution is -2.48. The van der Waals surface area contributed by atoms with Crippen LogP contribution in [-0.4, -0.2) is 21.9 Å². The highest BCUT2D eigenvalue weighted by Crippen LogP contribution is 2.44. The van der Waals surface area contributed by atoms with Crippen molar-refractivity contribution in [1.82, 2.24) is 15.1 Å². The Labute approximate surface area is 131 Å². The van der Waals surface area contributed by atoms with E-state index in [1.807, 2.05) is 0 Å². The van der Waals surface area contributed by atoms with Crippen molar-refractivity contribution in [3.8, 4) is 0 Å². The summed E-state index contributed by atoms with van der Waals surface area (Å²) in [5, 5.41) is 8.33. The van der Waals surface area contributed by atoms with E-state index in [0.29, 0.717) is 5.41 Å². The Morgan fingerprint density at radius 2 is 2.00 bits per heavy atom. The van der Waals surface area contributed by atoms with Crippen molar-refractivity contribution in [2.24, 2.45) is 5.41 Å². The molecule has 0 amide bonds. The Bertz CT molecular complexity index is 467. The van der Waals surface area contributed by atoms with Crippen molar-refractivity contribution >= 4 is 15.9 Å².